The van der Waals surface area contributed by atoms with E-state index in [2.05, 4.69) is 6.58 Å². The standard InChI is InChI=1S/C3H4O.Fe/c1-2-3-4;/h2-3H,1H2;. The van der Waals surface area contributed by atoms with Gasteiger partial charge >= 0.3 is 0 Å². The van der Waals surface area contributed by atoms with Crippen molar-refractivity contribution in [2.24, 2.45) is 0 Å². The van der Waals surface area contributed by atoms with Crippen LogP contribution >= 0.6 is 0 Å². The van der Waals surface area contributed by atoms with E-state index in [9.17, 15) is 0 Å². The molecule has 0 aliphatic carbocycles. The Morgan fingerprint density at radius 2 is 1.80 bits per heavy atom. The van der Waals surface area contributed by atoms with E-state index in [1.165, 1.54) is 6.08 Å². The fourth-order valence-electron chi connectivity index (χ4n) is 0. The normalized spacial score (nSPS) is 4.00. The van der Waals surface area contributed by atoms with Crippen LogP contribution in [-0.2, 0) is 21.9 Å². The molecular weight excluding hydrogens is 108 g/mol. The second-order valence-corrected chi connectivity index (χ2v) is 0.372. The molecule has 0 aromatic rings. The summed E-state index contributed by atoms with van der Waals surface area (Å²) in [6.07, 6.45) is 1.83. The van der Waals surface area contributed by atoms with Crippen molar-refractivity contribution >= 4 is 6.29 Å². The van der Waals surface area contributed by atoms with E-state index in [-0.39, 0.29) is 17.1 Å². The van der Waals surface area contributed by atoms with Crippen LogP contribution in [0.15, 0.2) is 12.7 Å². The Hall–Kier alpha value is -0.0705. The molecule has 0 rings (SSSR count). The van der Waals surface area contributed by atoms with Gasteiger partial charge in [-0.1, -0.05) is 6.58 Å². The fraction of sp³-hybridized carbons (Fsp3) is 0. The molecule has 1 nitrogen and oxygen atoms in total. The Labute approximate surface area is 41.5 Å². The van der Waals surface area contributed by atoms with Gasteiger partial charge in [0.15, 0.2) is 0 Å². The van der Waals surface area contributed by atoms with Crippen LogP contribution in [0.1, 0.15) is 0 Å². The second-order valence-electron chi connectivity index (χ2n) is 0.372. The van der Waals surface area contributed by atoms with Gasteiger partial charge in [0.05, 0.1) is 0 Å². The molecule has 0 aliphatic rings. The Morgan fingerprint density at radius 3 is 1.80 bits per heavy atom. The van der Waals surface area contributed by atoms with Crippen LogP contribution < -0.4 is 0 Å². The summed E-state index contributed by atoms with van der Waals surface area (Å²) in [6.45, 7) is 3.11. The molecule has 0 atom stereocenters. The summed E-state index contributed by atoms with van der Waals surface area (Å²) >= 11 is 0. The molecule has 0 aromatic carbocycles. The smallest absolute Gasteiger partial charge is 0.142 e. The SMILES string of the molecule is C=CC=O.[Fe]. The third kappa shape index (κ3) is 16.9. The molecule has 0 unspecified atom stereocenters. The van der Waals surface area contributed by atoms with E-state index < -0.39 is 0 Å². The van der Waals surface area contributed by atoms with Crippen molar-refractivity contribution in [3.63, 3.8) is 0 Å². The van der Waals surface area contributed by atoms with Crippen LogP contribution in [0.25, 0.3) is 0 Å². The van der Waals surface area contributed by atoms with Gasteiger partial charge in [0.25, 0.3) is 0 Å². The number of carbonyl (C=O) groups is 1. The molecule has 0 saturated heterocycles. The van der Waals surface area contributed by atoms with Crippen LogP contribution in [0.3, 0.4) is 0 Å². The van der Waals surface area contributed by atoms with E-state index in [4.69, 9.17) is 4.79 Å². The molecule has 0 spiro atoms. The predicted octanol–water partition coefficient (Wildman–Crippen LogP) is 0.369. The summed E-state index contributed by atoms with van der Waals surface area (Å²) in [7, 11) is 0. The van der Waals surface area contributed by atoms with Crippen molar-refractivity contribution < 1.29 is 21.9 Å². The van der Waals surface area contributed by atoms with Gasteiger partial charge in [0.1, 0.15) is 6.29 Å². The Kier molecular flexibility index (Phi) is 16.1. The molecule has 0 bridgehead atoms. The van der Waals surface area contributed by atoms with Crippen molar-refractivity contribution in [3.8, 4) is 0 Å². The van der Waals surface area contributed by atoms with E-state index in [0.717, 1.165) is 0 Å². The molecule has 0 aliphatic heterocycles. The summed E-state index contributed by atoms with van der Waals surface area (Å²) in [6, 6.07) is 0. The predicted molar refractivity (Wildman–Crippen MR) is 16.3 cm³/mol. The Balaban J connectivity index is 0. The van der Waals surface area contributed by atoms with E-state index in [0.29, 0.717) is 6.29 Å². The number of aldehydes is 1. The van der Waals surface area contributed by atoms with Gasteiger partial charge in [-0.15, -0.1) is 0 Å². The molecule has 0 saturated carbocycles. The third-order valence-electron chi connectivity index (χ3n) is 0.0962. The van der Waals surface area contributed by atoms with Crippen LogP contribution in [0, 0.1) is 0 Å². The first kappa shape index (κ1) is 8.87. The zero-order valence-corrected chi connectivity index (χ0v) is 3.73. The molecule has 0 heterocycles. The van der Waals surface area contributed by atoms with Crippen molar-refractivity contribution in [3.05, 3.63) is 12.7 Å². The average Bonchev–Trinajstić information content (AvgIpc) is 1.37. The van der Waals surface area contributed by atoms with Crippen LogP contribution in [-0.4, -0.2) is 6.29 Å². The zero-order chi connectivity index (χ0) is 3.41. The van der Waals surface area contributed by atoms with E-state index in [1.807, 2.05) is 0 Å². The Morgan fingerprint density at radius 1 is 1.60 bits per heavy atom. The van der Waals surface area contributed by atoms with E-state index >= 15 is 0 Å². The molecule has 0 fully saturated rings. The molecule has 0 N–H and O–H groups in total. The van der Waals surface area contributed by atoms with Gasteiger partial charge in [0, 0.05) is 17.1 Å². The van der Waals surface area contributed by atoms with Gasteiger partial charge in [-0.25, -0.2) is 0 Å². The summed E-state index contributed by atoms with van der Waals surface area (Å²) in [5.41, 5.74) is 0. The number of carbonyl (C=O) groups excluding carboxylic acids is 1. The topological polar surface area (TPSA) is 17.1 Å². The first-order valence-electron chi connectivity index (χ1n) is 0.977. The monoisotopic (exact) mass is 112 g/mol. The summed E-state index contributed by atoms with van der Waals surface area (Å²) < 4.78 is 0. The minimum absolute atomic E-state index is 0. The van der Waals surface area contributed by atoms with Gasteiger partial charge in [-0.05, 0) is 6.08 Å². The molecular formula is C3H4FeO. The average molecular weight is 112 g/mol. The van der Waals surface area contributed by atoms with Gasteiger partial charge in [-0.3, -0.25) is 4.79 Å². The molecule has 2 heteroatoms. The maximum absolute atomic E-state index is 9.06. The first-order chi connectivity index (χ1) is 1.91. The van der Waals surface area contributed by atoms with Crippen LogP contribution in [0.5, 0.6) is 0 Å². The van der Waals surface area contributed by atoms with Gasteiger partial charge < -0.3 is 0 Å². The van der Waals surface area contributed by atoms with Gasteiger partial charge in [-0.2, -0.15) is 0 Å². The maximum atomic E-state index is 9.06. The summed E-state index contributed by atoms with van der Waals surface area (Å²) in [4.78, 5) is 9.06. The third-order valence-corrected chi connectivity index (χ3v) is 0.0962. The number of rotatable bonds is 1. The van der Waals surface area contributed by atoms with Crippen molar-refractivity contribution in [1.29, 1.82) is 0 Å². The molecule has 0 aromatic heterocycles. The minimum Gasteiger partial charge on any atom is -0.299 e. The largest absolute Gasteiger partial charge is 0.299 e. The number of hydrogen-bond acceptors (Lipinski definition) is 1. The van der Waals surface area contributed by atoms with Crippen molar-refractivity contribution in [1.82, 2.24) is 0 Å². The molecule has 0 amide bonds. The Bertz CT molecular complexity index is 27.9. The summed E-state index contributed by atoms with van der Waals surface area (Å²) in [5, 5.41) is 0. The van der Waals surface area contributed by atoms with Gasteiger partial charge in [0.2, 0.25) is 0 Å². The molecule has 0 radical (unpaired) electrons. The quantitative estimate of drug-likeness (QED) is 0.272. The van der Waals surface area contributed by atoms with Crippen LogP contribution in [0.2, 0.25) is 0 Å². The zero-order valence-electron chi connectivity index (χ0n) is 2.62. The maximum Gasteiger partial charge on any atom is 0.142 e. The number of allylic oxidation sites excluding steroid dienone is 1. The van der Waals surface area contributed by atoms with Crippen molar-refractivity contribution in [2.75, 3.05) is 0 Å². The van der Waals surface area contributed by atoms with Crippen LogP contribution in [0.4, 0.5) is 0 Å². The minimum atomic E-state index is 0. The second kappa shape index (κ2) is 9.06. The molecule has 30 valence electrons. The van der Waals surface area contributed by atoms with Crippen molar-refractivity contribution in [2.45, 2.75) is 0 Å². The molecule has 5 heavy (non-hydrogen) atoms. The number of hydrogen-bond donors (Lipinski definition) is 0. The summed E-state index contributed by atoms with van der Waals surface area (Å²) in [5.74, 6) is 0. The van der Waals surface area contributed by atoms with E-state index in [1.54, 1.807) is 0 Å². The fourth-order valence-corrected chi connectivity index (χ4v) is 0. The first-order valence-corrected chi connectivity index (χ1v) is 0.977.